The molecule has 0 aliphatic rings. The van der Waals surface area contributed by atoms with Crippen molar-refractivity contribution in [1.82, 2.24) is 9.97 Å². The summed E-state index contributed by atoms with van der Waals surface area (Å²) in [4.78, 5) is 8.00. The predicted molar refractivity (Wildman–Crippen MR) is 47.8 cm³/mol. The molecule has 13 heavy (non-hydrogen) atoms. The van der Waals surface area contributed by atoms with Crippen molar-refractivity contribution in [3.8, 4) is 11.8 Å². The fourth-order valence-electron chi connectivity index (χ4n) is 1.09. The van der Waals surface area contributed by atoms with Crippen LogP contribution in [0, 0.1) is 0 Å². The lowest BCUT2D eigenvalue weighted by Gasteiger charge is -1.99. The number of fused-ring (bicyclic) bond motifs is 1. The number of aromatic nitrogens is 2. The number of hydrogen-bond donors (Lipinski definition) is 1. The van der Waals surface area contributed by atoms with Crippen LogP contribution >= 0.6 is 0 Å². The summed E-state index contributed by atoms with van der Waals surface area (Å²) in [5.41, 5.74) is 0.673. The van der Waals surface area contributed by atoms with Crippen LogP contribution in [0.15, 0.2) is 24.4 Å². The molecule has 0 fully saturated rings. The van der Waals surface area contributed by atoms with Gasteiger partial charge in [0.05, 0.1) is 12.6 Å². The number of phenols is 1. The Hall–Kier alpha value is -1.84. The zero-order chi connectivity index (χ0) is 9.26. The molecule has 0 saturated carbocycles. The maximum Gasteiger partial charge on any atom is 0.316 e. The van der Waals surface area contributed by atoms with Gasteiger partial charge in [-0.15, -0.1) is 0 Å². The van der Waals surface area contributed by atoms with E-state index in [0.29, 0.717) is 11.5 Å². The Morgan fingerprint density at radius 2 is 2.23 bits per heavy atom. The van der Waals surface area contributed by atoms with Crippen LogP contribution in [0.5, 0.6) is 11.8 Å². The first kappa shape index (κ1) is 7.79. The first-order valence-corrected chi connectivity index (χ1v) is 3.79. The second kappa shape index (κ2) is 2.90. The van der Waals surface area contributed by atoms with E-state index >= 15 is 0 Å². The molecule has 1 aromatic carbocycles. The summed E-state index contributed by atoms with van der Waals surface area (Å²) in [6.07, 6.45) is 1.65. The molecule has 1 aromatic heterocycles. The molecule has 1 N–H and O–H groups in total. The molecule has 0 spiro atoms. The van der Waals surface area contributed by atoms with E-state index in [9.17, 15) is 5.11 Å². The summed E-state index contributed by atoms with van der Waals surface area (Å²) in [5.74, 6) is 0.188. The van der Waals surface area contributed by atoms with Crippen LogP contribution in [0.25, 0.3) is 10.9 Å². The lowest BCUT2D eigenvalue weighted by atomic mass is 10.2. The first-order chi connectivity index (χ1) is 6.29. The molecule has 1 heterocycles. The van der Waals surface area contributed by atoms with Crippen molar-refractivity contribution in [2.24, 2.45) is 0 Å². The summed E-state index contributed by atoms with van der Waals surface area (Å²) in [7, 11) is 1.50. The maximum absolute atomic E-state index is 9.19. The summed E-state index contributed by atoms with van der Waals surface area (Å²) < 4.78 is 4.86. The number of methoxy groups -OCH3 is 1. The Morgan fingerprint density at radius 1 is 1.38 bits per heavy atom. The van der Waals surface area contributed by atoms with Gasteiger partial charge in [0, 0.05) is 17.6 Å². The fraction of sp³-hybridized carbons (Fsp3) is 0.111. The number of nitrogens with zero attached hydrogens (tertiary/aromatic N) is 2. The molecule has 2 rings (SSSR count). The zero-order valence-corrected chi connectivity index (χ0v) is 7.06. The molecule has 4 nitrogen and oxygen atoms in total. The Kier molecular flexibility index (Phi) is 1.73. The van der Waals surface area contributed by atoms with Gasteiger partial charge in [0.25, 0.3) is 0 Å². The Balaban J connectivity index is 2.68. The lowest BCUT2D eigenvalue weighted by Crippen LogP contribution is -1.91. The number of ether oxygens (including phenoxy) is 1. The second-order valence-electron chi connectivity index (χ2n) is 2.60. The lowest BCUT2D eigenvalue weighted by molar-refractivity contribution is 0.381. The number of hydrogen-bond acceptors (Lipinski definition) is 4. The van der Waals surface area contributed by atoms with E-state index in [1.165, 1.54) is 7.11 Å². The van der Waals surface area contributed by atoms with Crippen LogP contribution in [-0.2, 0) is 0 Å². The molecule has 66 valence electrons. The minimum atomic E-state index is 0.188. The monoisotopic (exact) mass is 176 g/mol. The minimum absolute atomic E-state index is 0.188. The Morgan fingerprint density at radius 3 is 3.00 bits per heavy atom. The van der Waals surface area contributed by atoms with Gasteiger partial charge in [0.1, 0.15) is 5.75 Å². The normalized spacial score (nSPS) is 10.2. The van der Waals surface area contributed by atoms with Crippen molar-refractivity contribution >= 4 is 10.9 Å². The smallest absolute Gasteiger partial charge is 0.316 e. The Labute approximate surface area is 74.8 Å². The summed E-state index contributed by atoms with van der Waals surface area (Å²) in [5, 5.41) is 10.1. The standard InChI is InChI=1S/C9H8N2O2/c1-13-9-10-5-6-2-3-7(12)4-8(6)11-9/h2-5,12H,1H3. The maximum atomic E-state index is 9.19. The topological polar surface area (TPSA) is 55.2 Å². The van der Waals surface area contributed by atoms with Crippen LogP contribution < -0.4 is 4.74 Å². The van der Waals surface area contributed by atoms with Crippen molar-refractivity contribution in [2.75, 3.05) is 7.11 Å². The Bertz CT molecular complexity index is 443. The molecule has 0 aliphatic carbocycles. The highest BCUT2D eigenvalue weighted by Crippen LogP contribution is 2.18. The third kappa shape index (κ3) is 1.38. The summed E-state index contributed by atoms with van der Waals surface area (Å²) >= 11 is 0. The highest BCUT2D eigenvalue weighted by molar-refractivity contribution is 5.79. The first-order valence-electron chi connectivity index (χ1n) is 3.79. The molecular weight excluding hydrogens is 168 g/mol. The van der Waals surface area contributed by atoms with E-state index in [0.717, 1.165) is 5.39 Å². The van der Waals surface area contributed by atoms with E-state index in [2.05, 4.69) is 9.97 Å². The van der Waals surface area contributed by atoms with Gasteiger partial charge in [-0.05, 0) is 12.1 Å². The number of rotatable bonds is 1. The van der Waals surface area contributed by atoms with Gasteiger partial charge in [-0.3, -0.25) is 0 Å². The average Bonchev–Trinajstić information content (AvgIpc) is 2.16. The van der Waals surface area contributed by atoms with E-state index < -0.39 is 0 Å². The summed E-state index contributed by atoms with van der Waals surface area (Å²) in [6.45, 7) is 0. The van der Waals surface area contributed by atoms with Gasteiger partial charge in [-0.2, -0.15) is 4.98 Å². The van der Waals surface area contributed by atoms with Gasteiger partial charge < -0.3 is 9.84 Å². The molecule has 0 unspecified atom stereocenters. The largest absolute Gasteiger partial charge is 0.508 e. The van der Waals surface area contributed by atoms with Gasteiger partial charge in [0.15, 0.2) is 0 Å². The van der Waals surface area contributed by atoms with E-state index in [1.807, 2.05) is 0 Å². The molecule has 4 heteroatoms. The average molecular weight is 176 g/mol. The second-order valence-corrected chi connectivity index (χ2v) is 2.60. The molecule has 0 saturated heterocycles. The molecule has 0 bridgehead atoms. The third-order valence-corrected chi connectivity index (χ3v) is 1.73. The van der Waals surface area contributed by atoms with Crippen LogP contribution in [0.3, 0.4) is 0 Å². The zero-order valence-electron chi connectivity index (χ0n) is 7.06. The highest BCUT2D eigenvalue weighted by atomic mass is 16.5. The quantitative estimate of drug-likeness (QED) is 0.712. The SMILES string of the molecule is COc1ncc2ccc(O)cc2n1. The molecule has 0 aliphatic heterocycles. The molecule has 0 radical (unpaired) electrons. The number of aromatic hydroxyl groups is 1. The van der Waals surface area contributed by atoms with Crippen molar-refractivity contribution in [1.29, 1.82) is 0 Å². The molecule has 2 aromatic rings. The van der Waals surface area contributed by atoms with Crippen molar-refractivity contribution in [3.63, 3.8) is 0 Å². The minimum Gasteiger partial charge on any atom is -0.508 e. The molecular formula is C9H8N2O2. The van der Waals surface area contributed by atoms with Crippen molar-refractivity contribution < 1.29 is 9.84 Å². The van der Waals surface area contributed by atoms with Gasteiger partial charge in [-0.1, -0.05) is 0 Å². The van der Waals surface area contributed by atoms with Crippen LogP contribution in [0.2, 0.25) is 0 Å². The van der Waals surface area contributed by atoms with E-state index in [4.69, 9.17) is 4.74 Å². The molecule has 0 atom stereocenters. The van der Waals surface area contributed by atoms with Crippen molar-refractivity contribution in [3.05, 3.63) is 24.4 Å². The van der Waals surface area contributed by atoms with Gasteiger partial charge in [0.2, 0.25) is 0 Å². The fourth-order valence-corrected chi connectivity index (χ4v) is 1.09. The predicted octanol–water partition coefficient (Wildman–Crippen LogP) is 1.34. The van der Waals surface area contributed by atoms with E-state index in [1.54, 1.807) is 24.4 Å². The van der Waals surface area contributed by atoms with E-state index in [-0.39, 0.29) is 5.75 Å². The third-order valence-electron chi connectivity index (χ3n) is 1.73. The van der Waals surface area contributed by atoms with Crippen LogP contribution in [-0.4, -0.2) is 22.2 Å². The summed E-state index contributed by atoms with van der Waals surface area (Å²) in [6, 6.07) is 5.22. The van der Waals surface area contributed by atoms with Gasteiger partial charge in [-0.25, -0.2) is 4.98 Å². The van der Waals surface area contributed by atoms with Gasteiger partial charge >= 0.3 is 6.01 Å². The molecule has 0 amide bonds. The number of benzene rings is 1. The highest BCUT2D eigenvalue weighted by Gasteiger charge is 1.99. The number of phenolic OH excluding ortho intramolecular Hbond substituents is 1. The van der Waals surface area contributed by atoms with Crippen molar-refractivity contribution in [2.45, 2.75) is 0 Å². The van der Waals surface area contributed by atoms with Crippen LogP contribution in [0.4, 0.5) is 0 Å². The van der Waals surface area contributed by atoms with Crippen LogP contribution in [0.1, 0.15) is 0 Å².